The molecule has 0 atom stereocenters. The Bertz CT molecular complexity index is 747. The lowest BCUT2D eigenvalue weighted by atomic mass is 9.90. The monoisotopic (exact) mass is 286 g/mol. The van der Waals surface area contributed by atoms with E-state index in [9.17, 15) is 4.79 Å². The van der Waals surface area contributed by atoms with Crippen LogP contribution in [0.5, 0.6) is 0 Å². The number of ketones is 1. The molecule has 4 nitrogen and oxygen atoms in total. The van der Waals surface area contributed by atoms with E-state index in [1.165, 1.54) is 0 Å². The maximum absolute atomic E-state index is 12.6. The molecule has 0 fully saturated rings. The SMILES string of the molecule is CC(C)(C)c1nnsc1C(=O)c1cc2ccccc2o1. The fourth-order valence-electron chi connectivity index (χ4n) is 2.04. The van der Waals surface area contributed by atoms with E-state index in [0.29, 0.717) is 21.9 Å². The summed E-state index contributed by atoms with van der Waals surface area (Å²) in [7, 11) is 0. The van der Waals surface area contributed by atoms with E-state index in [-0.39, 0.29) is 11.2 Å². The number of hydrogen-bond acceptors (Lipinski definition) is 5. The van der Waals surface area contributed by atoms with Crippen molar-refractivity contribution in [2.24, 2.45) is 0 Å². The van der Waals surface area contributed by atoms with Crippen molar-refractivity contribution in [3.63, 3.8) is 0 Å². The average Bonchev–Trinajstić information content (AvgIpc) is 3.03. The van der Waals surface area contributed by atoms with Crippen molar-refractivity contribution >= 4 is 28.3 Å². The summed E-state index contributed by atoms with van der Waals surface area (Å²) >= 11 is 1.12. The molecule has 0 aliphatic rings. The lowest BCUT2D eigenvalue weighted by molar-refractivity contribution is 0.101. The molecule has 0 bridgehead atoms. The van der Waals surface area contributed by atoms with Gasteiger partial charge in [0.1, 0.15) is 10.5 Å². The standard InChI is InChI=1S/C15H14N2O2S/c1-15(2,3)14-13(20-17-16-14)12(18)11-8-9-6-4-5-7-10(9)19-11/h4-8H,1-3H3. The number of hydrogen-bond donors (Lipinski definition) is 0. The van der Waals surface area contributed by atoms with Gasteiger partial charge >= 0.3 is 0 Å². The van der Waals surface area contributed by atoms with E-state index < -0.39 is 0 Å². The van der Waals surface area contributed by atoms with Crippen LogP contribution in [0.1, 0.15) is 41.9 Å². The summed E-state index contributed by atoms with van der Waals surface area (Å²) in [6, 6.07) is 9.34. The predicted molar refractivity (Wildman–Crippen MR) is 78.3 cm³/mol. The summed E-state index contributed by atoms with van der Waals surface area (Å²) in [5.74, 6) is 0.184. The van der Waals surface area contributed by atoms with Gasteiger partial charge in [-0.2, -0.15) is 0 Å². The predicted octanol–water partition coefficient (Wildman–Crippen LogP) is 3.81. The van der Waals surface area contributed by atoms with Crippen molar-refractivity contribution in [2.75, 3.05) is 0 Å². The number of carbonyl (C=O) groups excluding carboxylic acids is 1. The molecule has 0 saturated carbocycles. The van der Waals surface area contributed by atoms with Gasteiger partial charge in [0.05, 0.1) is 5.69 Å². The Hall–Kier alpha value is -2.01. The van der Waals surface area contributed by atoms with Crippen molar-refractivity contribution in [1.82, 2.24) is 9.59 Å². The first kappa shape index (κ1) is 13.0. The highest BCUT2D eigenvalue weighted by Gasteiger charge is 2.28. The highest BCUT2D eigenvalue weighted by Crippen LogP contribution is 2.29. The van der Waals surface area contributed by atoms with Crippen LogP contribution in [0.25, 0.3) is 11.0 Å². The van der Waals surface area contributed by atoms with Crippen molar-refractivity contribution in [2.45, 2.75) is 26.2 Å². The largest absolute Gasteiger partial charge is 0.453 e. The third kappa shape index (κ3) is 2.14. The van der Waals surface area contributed by atoms with Gasteiger partial charge in [0.2, 0.25) is 5.78 Å². The second-order valence-corrected chi connectivity index (χ2v) is 6.43. The van der Waals surface area contributed by atoms with E-state index in [1.807, 2.05) is 45.0 Å². The molecule has 0 radical (unpaired) electrons. The van der Waals surface area contributed by atoms with Gasteiger partial charge in [-0.05, 0) is 23.7 Å². The number of rotatable bonds is 2. The zero-order valence-corrected chi connectivity index (χ0v) is 12.3. The van der Waals surface area contributed by atoms with Crippen molar-refractivity contribution in [3.05, 3.63) is 46.7 Å². The number of para-hydroxylation sites is 1. The zero-order valence-electron chi connectivity index (χ0n) is 11.5. The summed E-state index contributed by atoms with van der Waals surface area (Å²) in [5.41, 5.74) is 1.21. The molecule has 3 rings (SSSR count). The molecule has 20 heavy (non-hydrogen) atoms. The minimum Gasteiger partial charge on any atom is -0.453 e. The minimum atomic E-state index is -0.218. The Labute approximate surface area is 120 Å². The van der Waals surface area contributed by atoms with Gasteiger partial charge in [-0.15, -0.1) is 5.10 Å². The van der Waals surface area contributed by atoms with Crippen LogP contribution in [0.4, 0.5) is 0 Å². The van der Waals surface area contributed by atoms with Crippen LogP contribution in [-0.4, -0.2) is 15.4 Å². The van der Waals surface area contributed by atoms with Crippen LogP contribution < -0.4 is 0 Å². The number of fused-ring (bicyclic) bond motifs is 1. The van der Waals surface area contributed by atoms with Gasteiger partial charge in [0.15, 0.2) is 5.76 Å². The smallest absolute Gasteiger partial charge is 0.241 e. The van der Waals surface area contributed by atoms with Crippen LogP contribution in [0.15, 0.2) is 34.7 Å². The van der Waals surface area contributed by atoms with Gasteiger partial charge in [0, 0.05) is 10.8 Å². The number of carbonyl (C=O) groups is 1. The van der Waals surface area contributed by atoms with E-state index in [1.54, 1.807) is 6.07 Å². The summed E-state index contributed by atoms with van der Waals surface area (Å²) in [6.07, 6.45) is 0. The number of benzene rings is 1. The molecule has 1 aromatic carbocycles. The fraction of sp³-hybridized carbons (Fsp3) is 0.267. The van der Waals surface area contributed by atoms with Gasteiger partial charge in [-0.1, -0.05) is 43.5 Å². The first-order valence-electron chi connectivity index (χ1n) is 6.33. The van der Waals surface area contributed by atoms with Crippen LogP contribution >= 0.6 is 11.5 Å². The highest BCUT2D eigenvalue weighted by molar-refractivity contribution is 7.08. The molecule has 0 aliphatic carbocycles. The molecule has 5 heteroatoms. The quantitative estimate of drug-likeness (QED) is 0.672. The average molecular weight is 286 g/mol. The molecular formula is C15H14N2O2S. The zero-order chi connectivity index (χ0) is 14.3. The van der Waals surface area contributed by atoms with Gasteiger partial charge < -0.3 is 4.42 Å². The van der Waals surface area contributed by atoms with E-state index in [2.05, 4.69) is 9.59 Å². The molecule has 102 valence electrons. The Balaban J connectivity index is 2.07. The Morgan fingerprint density at radius 3 is 2.70 bits per heavy atom. The molecule has 2 aromatic heterocycles. The molecule has 0 N–H and O–H groups in total. The summed E-state index contributed by atoms with van der Waals surface area (Å²) in [6.45, 7) is 6.04. The first-order chi connectivity index (χ1) is 9.47. The number of furan rings is 1. The molecule has 0 unspecified atom stereocenters. The third-order valence-corrected chi connectivity index (χ3v) is 3.78. The van der Waals surface area contributed by atoms with Crippen molar-refractivity contribution < 1.29 is 9.21 Å². The van der Waals surface area contributed by atoms with Crippen LogP contribution in [0.3, 0.4) is 0 Å². The van der Waals surface area contributed by atoms with Crippen LogP contribution in [-0.2, 0) is 5.41 Å². The van der Waals surface area contributed by atoms with Gasteiger partial charge in [0.25, 0.3) is 0 Å². The maximum atomic E-state index is 12.6. The fourth-order valence-corrected chi connectivity index (χ4v) is 2.86. The normalized spacial score (nSPS) is 11.9. The summed E-state index contributed by atoms with van der Waals surface area (Å²) < 4.78 is 9.54. The molecule has 0 aliphatic heterocycles. The number of nitrogens with zero attached hydrogens (tertiary/aromatic N) is 2. The summed E-state index contributed by atoms with van der Waals surface area (Å²) in [5, 5.41) is 5.02. The lowest BCUT2D eigenvalue weighted by Crippen LogP contribution is -2.16. The van der Waals surface area contributed by atoms with E-state index in [4.69, 9.17) is 4.42 Å². The second kappa shape index (κ2) is 4.52. The molecule has 0 spiro atoms. The van der Waals surface area contributed by atoms with Crippen molar-refractivity contribution in [3.8, 4) is 0 Å². The van der Waals surface area contributed by atoms with E-state index >= 15 is 0 Å². The third-order valence-electron chi connectivity index (χ3n) is 3.05. The van der Waals surface area contributed by atoms with Crippen molar-refractivity contribution in [1.29, 1.82) is 0 Å². The minimum absolute atomic E-state index is 0.152. The van der Waals surface area contributed by atoms with E-state index in [0.717, 1.165) is 16.9 Å². The molecule has 0 amide bonds. The molecule has 2 heterocycles. The Morgan fingerprint density at radius 1 is 1.25 bits per heavy atom. The maximum Gasteiger partial charge on any atom is 0.241 e. The Morgan fingerprint density at radius 2 is 2.00 bits per heavy atom. The topological polar surface area (TPSA) is 56.0 Å². The lowest BCUT2D eigenvalue weighted by Gasteiger charge is -2.15. The summed E-state index contributed by atoms with van der Waals surface area (Å²) in [4.78, 5) is 13.1. The Kier molecular flexibility index (Phi) is 2.94. The molecule has 0 saturated heterocycles. The van der Waals surface area contributed by atoms with Crippen LogP contribution in [0, 0.1) is 0 Å². The molecular weight excluding hydrogens is 272 g/mol. The first-order valence-corrected chi connectivity index (χ1v) is 7.10. The van der Waals surface area contributed by atoms with Gasteiger partial charge in [-0.3, -0.25) is 4.79 Å². The molecule has 3 aromatic rings. The van der Waals surface area contributed by atoms with Gasteiger partial charge in [-0.25, -0.2) is 0 Å². The second-order valence-electron chi connectivity index (χ2n) is 5.68. The highest BCUT2D eigenvalue weighted by atomic mass is 32.1. The van der Waals surface area contributed by atoms with Crippen LogP contribution in [0.2, 0.25) is 0 Å². The number of aromatic nitrogens is 2.